The molecule has 0 heterocycles. The summed E-state index contributed by atoms with van der Waals surface area (Å²) in [5.41, 5.74) is 2.30. The molecule has 122 valence electrons. The van der Waals surface area contributed by atoms with Gasteiger partial charge in [-0.05, 0) is 43.2 Å². The number of anilines is 3. The van der Waals surface area contributed by atoms with Gasteiger partial charge >= 0.3 is 0 Å². The summed E-state index contributed by atoms with van der Waals surface area (Å²) < 4.78 is 0. The van der Waals surface area contributed by atoms with Gasteiger partial charge in [0.15, 0.2) is 0 Å². The second-order valence-electron chi connectivity index (χ2n) is 5.93. The van der Waals surface area contributed by atoms with Crippen LogP contribution < -0.4 is 10.6 Å². The minimum absolute atomic E-state index is 0.108. The van der Waals surface area contributed by atoms with Gasteiger partial charge in [0.25, 0.3) is 5.69 Å². The zero-order chi connectivity index (χ0) is 16.9. The van der Waals surface area contributed by atoms with Gasteiger partial charge in [0.1, 0.15) is 5.69 Å². The van der Waals surface area contributed by atoms with Crippen LogP contribution in [-0.4, -0.2) is 11.0 Å². The number of benzene rings is 2. The van der Waals surface area contributed by atoms with Crippen molar-refractivity contribution >= 4 is 22.7 Å². The van der Waals surface area contributed by atoms with E-state index in [2.05, 4.69) is 10.6 Å². The summed E-state index contributed by atoms with van der Waals surface area (Å²) in [6.07, 6.45) is 4.87. The van der Waals surface area contributed by atoms with Crippen LogP contribution in [0.5, 0.6) is 0 Å². The Morgan fingerprint density at radius 2 is 1.88 bits per heavy atom. The number of hydrogen-bond acceptors (Lipinski definition) is 5. The van der Waals surface area contributed by atoms with Gasteiger partial charge < -0.3 is 10.6 Å². The maximum Gasteiger partial charge on any atom is 0.293 e. The largest absolute Gasteiger partial charge is 0.382 e. The number of nitrogens with zero attached hydrogens (tertiary/aromatic N) is 2. The van der Waals surface area contributed by atoms with E-state index in [-0.39, 0.29) is 11.3 Å². The van der Waals surface area contributed by atoms with Crippen LogP contribution in [0.15, 0.2) is 42.5 Å². The van der Waals surface area contributed by atoms with Gasteiger partial charge in [-0.1, -0.05) is 18.9 Å². The molecule has 0 spiro atoms. The number of nitrogens with one attached hydrogen (secondary N) is 2. The second kappa shape index (κ2) is 7.01. The Labute approximate surface area is 140 Å². The lowest BCUT2D eigenvalue weighted by Crippen LogP contribution is -2.14. The third-order valence-corrected chi connectivity index (χ3v) is 4.19. The summed E-state index contributed by atoms with van der Waals surface area (Å²) in [6, 6.07) is 14.6. The van der Waals surface area contributed by atoms with Gasteiger partial charge in [0.05, 0.1) is 16.6 Å². The summed E-state index contributed by atoms with van der Waals surface area (Å²) >= 11 is 0. The van der Waals surface area contributed by atoms with Crippen LogP contribution in [0.25, 0.3) is 0 Å². The quantitative estimate of drug-likeness (QED) is 0.622. The molecule has 24 heavy (non-hydrogen) atoms. The Morgan fingerprint density at radius 3 is 2.58 bits per heavy atom. The van der Waals surface area contributed by atoms with Crippen molar-refractivity contribution in [2.24, 2.45) is 0 Å². The second-order valence-corrected chi connectivity index (χ2v) is 5.93. The zero-order valence-electron chi connectivity index (χ0n) is 13.2. The molecule has 0 bridgehead atoms. The molecule has 1 fully saturated rings. The van der Waals surface area contributed by atoms with Crippen molar-refractivity contribution in [2.75, 3.05) is 10.6 Å². The molecule has 6 heteroatoms. The third-order valence-electron chi connectivity index (χ3n) is 4.19. The molecule has 0 saturated heterocycles. The van der Waals surface area contributed by atoms with Gasteiger partial charge in [-0.25, -0.2) is 0 Å². The van der Waals surface area contributed by atoms with E-state index >= 15 is 0 Å². The minimum Gasteiger partial charge on any atom is -0.382 e. The number of nitriles is 1. The standard InChI is InChI=1S/C18H18N4O2/c19-12-13-8-9-17(18(10-13)22(23)24)21-16-7-3-6-15(11-16)20-14-4-1-2-5-14/h3,6-11,14,20-21H,1-2,4-5H2. The molecule has 2 aromatic rings. The topological polar surface area (TPSA) is 91.0 Å². The predicted octanol–water partition coefficient (Wildman–Crippen LogP) is 4.56. The van der Waals surface area contributed by atoms with Crippen molar-refractivity contribution in [1.82, 2.24) is 0 Å². The summed E-state index contributed by atoms with van der Waals surface area (Å²) in [7, 11) is 0. The van der Waals surface area contributed by atoms with E-state index in [1.807, 2.05) is 30.3 Å². The van der Waals surface area contributed by atoms with E-state index in [4.69, 9.17) is 5.26 Å². The first-order chi connectivity index (χ1) is 11.7. The van der Waals surface area contributed by atoms with Crippen LogP contribution >= 0.6 is 0 Å². The number of rotatable bonds is 5. The van der Waals surface area contributed by atoms with Crippen molar-refractivity contribution in [3.8, 4) is 6.07 Å². The molecule has 2 N–H and O–H groups in total. The molecule has 0 radical (unpaired) electrons. The Morgan fingerprint density at radius 1 is 1.12 bits per heavy atom. The summed E-state index contributed by atoms with van der Waals surface area (Å²) in [4.78, 5) is 10.7. The van der Waals surface area contributed by atoms with Crippen molar-refractivity contribution in [3.05, 3.63) is 58.1 Å². The van der Waals surface area contributed by atoms with E-state index in [1.165, 1.54) is 31.7 Å². The molecule has 0 atom stereocenters. The van der Waals surface area contributed by atoms with Crippen molar-refractivity contribution < 1.29 is 4.92 Å². The molecule has 3 rings (SSSR count). The number of nitro benzene ring substituents is 1. The molecule has 0 aliphatic heterocycles. The smallest absolute Gasteiger partial charge is 0.293 e. The molecular weight excluding hydrogens is 304 g/mol. The van der Waals surface area contributed by atoms with Gasteiger partial charge in [0, 0.05) is 23.5 Å². The fourth-order valence-corrected chi connectivity index (χ4v) is 3.01. The molecule has 1 saturated carbocycles. The molecule has 6 nitrogen and oxygen atoms in total. The fraction of sp³-hybridized carbons (Fsp3) is 0.278. The first-order valence-corrected chi connectivity index (χ1v) is 7.98. The summed E-state index contributed by atoms with van der Waals surface area (Å²) in [6.45, 7) is 0. The SMILES string of the molecule is N#Cc1ccc(Nc2cccc(NC3CCCC3)c2)c([N+](=O)[O-])c1. The normalized spacial score (nSPS) is 14.1. The van der Waals surface area contributed by atoms with E-state index in [0.717, 1.165) is 11.4 Å². The van der Waals surface area contributed by atoms with Crippen molar-refractivity contribution in [2.45, 2.75) is 31.7 Å². The Bertz CT molecular complexity index is 792. The number of nitro groups is 1. The van der Waals surface area contributed by atoms with Crippen LogP contribution in [0.4, 0.5) is 22.7 Å². The molecule has 0 unspecified atom stereocenters. The van der Waals surface area contributed by atoms with Gasteiger partial charge in [-0.3, -0.25) is 10.1 Å². The first kappa shape index (κ1) is 15.8. The highest BCUT2D eigenvalue weighted by atomic mass is 16.6. The lowest BCUT2D eigenvalue weighted by Gasteiger charge is -2.15. The zero-order valence-corrected chi connectivity index (χ0v) is 13.2. The highest BCUT2D eigenvalue weighted by Gasteiger charge is 2.16. The molecular formula is C18H18N4O2. The third kappa shape index (κ3) is 3.63. The average molecular weight is 322 g/mol. The van der Waals surface area contributed by atoms with E-state index < -0.39 is 4.92 Å². The average Bonchev–Trinajstić information content (AvgIpc) is 3.08. The Balaban J connectivity index is 1.81. The number of hydrogen-bond donors (Lipinski definition) is 2. The van der Waals surface area contributed by atoms with Crippen LogP contribution in [-0.2, 0) is 0 Å². The van der Waals surface area contributed by atoms with E-state index in [0.29, 0.717) is 11.7 Å². The van der Waals surface area contributed by atoms with Crippen LogP contribution in [0.2, 0.25) is 0 Å². The highest BCUT2D eigenvalue weighted by Crippen LogP contribution is 2.30. The lowest BCUT2D eigenvalue weighted by atomic mass is 10.1. The first-order valence-electron chi connectivity index (χ1n) is 7.98. The maximum absolute atomic E-state index is 11.2. The minimum atomic E-state index is -0.482. The van der Waals surface area contributed by atoms with Crippen LogP contribution in [0.1, 0.15) is 31.2 Å². The van der Waals surface area contributed by atoms with E-state index in [9.17, 15) is 10.1 Å². The van der Waals surface area contributed by atoms with Gasteiger partial charge in [-0.15, -0.1) is 0 Å². The maximum atomic E-state index is 11.2. The Hall–Kier alpha value is -3.07. The Kier molecular flexibility index (Phi) is 4.62. The fourth-order valence-electron chi connectivity index (χ4n) is 3.01. The lowest BCUT2D eigenvalue weighted by molar-refractivity contribution is -0.383. The molecule has 2 aromatic carbocycles. The van der Waals surface area contributed by atoms with E-state index in [1.54, 1.807) is 12.1 Å². The monoisotopic (exact) mass is 322 g/mol. The van der Waals surface area contributed by atoms with Crippen LogP contribution in [0, 0.1) is 21.4 Å². The van der Waals surface area contributed by atoms with Gasteiger partial charge in [-0.2, -0.15) is 5.26 Å². The summed E-state index contributed by atoms with van der Waals surface area (Å²) in [5, 5.41) is 26.7. The van der Waals surface area contributed by atoms with Gasteiger partial charge in [0.2, 0.25) is 0 Å². The molecule has 0 aromatic heterocycles. The molecule has 0 amide bonds. The molecule has 1 aliphatic rings. The molecule has 1 aliphatic carbocycles. The van der Waals surface area contributed by atoms with Crippen molar-refractivity contribution in [1.29, 1.82) is 5.26 Å². The predicted molar refractivity (Wildman–Crippen MR) is 93.4 cm³/mol. The van der Waals surface area contributed by atoms with Crippen LogP contribution in [0.3, 0.4) is 0 Å². The summed E-state index contributed by atoms with van der Waals surface area (Å²) in [5.74, 6) is 0. The highest BCUT2D eigenvalue weighted by molar-refractivity contribution is 5.72. The van der Waals surface area contributed by atoms with Crippen molar-refractivity contribution in [3.63, 3.8) is 0 Å².